The summed E-state index contributed by atoms with van der Waals surface area (Å²) >= 11 is 11.7. The number of hydrogen-bond donors (Lipinski definition) is 2. The van der Waals surface area contributed by atoms with E-state index < -0.39 is 10.0 Å². The summed E-state index contributed by atoms with van der Waals surface area (Å²) in [5.41, 5.74) is 0. The van der Waals surface area contributed by atoms with Crippen LogP contribution >= 0.6 is 23.2 Å². The van der Waals surface area contributed by atoms with Crippen LogP contribution in [-0.4, -0.2) is 26.7 Å². The van der Waals surface area contributed by atoms with Gasteiger partial charge in [0.05, 0.1) is 10.0 Å². The van der Waals surface area contributed by atoms with E-state index in [-0.39, 0.29) is 34.0 Å². The molecule has 0 saturated heterocycles. The zero-order valence-electron chi connectivity index (χ0n) is 11.3. The average molecular weight is 340 g/mol. The van der Waals surface area contributed by atoms with Crippen LogP contribution in [0.2, 0.25) is 10.0 Å². The second-order valence-corrected chi connectivity index (χ2v) is 7.09. The molecule has 0 saturated carbocycles. The Morgan fingerprint density at radius 1 is 1.30 bits per heavy atom. The number of aliphatic hydroxyl groups is 1. The maximum atomic E-state index is 12.2. The summed E-state index contributed by atoms with van der Waals surface area (Å²) in [6.07, 6.45) is 2.36. The van der Waals surface area contributed by atoms with Crippen LogP contribution in [0.1, 0.15) is 26.2 Å². The van der Waals surface area contributed by atoms with Crippen LogP contribution < -0.4 is 4.72 Å². The number of sulfonamides is 1. The summed E-state index contributed by atoms with van der Waals surface area (Å²) in [5.74, 6) is 0.109. The number of benzene rings is 1. The number of aliphatic hydroxyl groups excluding tert-OH is 1. The maximum Gasteiger partial charge on any atom is 0.242 e. The summed E-state index contributed by atoms with van der Waals surface area (Å²) in [6.45, 7) is 2.34. The van der Waals surface area contributed by atoms with Crippen LogP contribution in [0.25, 0.3) is 0 Å². The Kier molecular flexibility index (Phi) is 7.26. The van der Waals surface area contributed by atoms with Crippen molar-refractivity contribution in [2.45, 2.75) is 31.1 Å². The SMILES string of the molecule is CCCC(CCO)CNS(=O)(=O)c1cccc(Cl)c1Cl. The van der Waals surface area contributed by atoms with Crippen LogP contribution in [0.5, 0.6) is 0 Å². The number of nitrogens with one attached hydrogen (secondary N) is 1. The monoisotopic (exact) mass is 339 g/mol. The van der Waals surface area contributed by atoms with E-state index in [0.717, 1.165) is 12.8 Å². The summed E-state index contributed by atoms with van der Waals surface area (Å²) in [6, 6.07) is 4.49. The molecule has 1 aromatic rings. The standard InChI is InChI=1S/C13H19Cl2NO3S/c1-2-4-10(7-8-17)9-16-20(18,19)12-6-3-5-11(14)13(12)15/h3,5-6,10,16-17H,2,4,7-9H2,1H3. The van der Waals surface area contributed by atoms with Gasteiger partial charge >= 0.3 is 0 Å². The second kappa shape index (κ2) is 8.20. The second-order valence-electron chi connectivity index (χ2n) is 4.57. The Labute approximate surface area is 130 Å². The van der Waals surface area contributed by atoms with Crippen molar-refractivity contribution in [3.8, 4) is 0 Å². The van der Waals surface area contributed by atoms with E-state index in [2.05, 4.69) is 4.72 Å². The molecule has 0 aliphatic carbocycles. The molecule has 0 radical (unpaired) electrons. The fourth-order valence-electron chi connectivity index (χ4n) is 1.94. The minimum absolute atomic E-state index is 0.0223. The van der Waals surface area contributed by atoms with Gasteiger partial charge in [0, 0.05) is 13.2 Å². The molecule has 1 unspecified atom stereocenters. The molecule has 20 heavy (non-hydrogen) atoms. The van der Waals surface area contributed by atoms with E-state index >= 15 is 0 Å². The first-order valence-corrected chi connectivity index (χ1v) is 8.70. The molecule has 7 heteroatoms. The van der Waals surface area contributed by atoms with Gasteiger partial charge in [-0.25, -0.2) is 13.1 Å². The molecule has 1 aromatic carbocycles. The molecule has 0 amide bonds. The Bertz CT molecular complexity index is 528. The topological polar surface area (TPSA) is 66.4 Å². The van der Waals surface area contributed by atoms with E-state index in [9.17, 15) is 8.42 Å². The Morgan fingerprint density at radius 3 is 2.60 bits per heavy atom. The quantitative estimate of drug-likeness (QED) is 0.764. The van der Waals surface area contributed by atoms with Gasteiger partial charge in [0.2, 0.25) is 10.0 Å². The molecular weight excluding hydrogens is 321 g/mol. The van der Waals surface area contributed by atoms with Crippen molar-refractivity contribution in [3.05, 3.63) is 28.2 Å². The first-order chi connectivity index (χ1) is 9.42. The van der Waals surface area contributed by atoms with Gasteiger partial charge in [-0.1, -0.05) is 42.6 Å². The molecule has 0 fully saturated rings. The van der Waals surface area contributed by atoms with E-state index in [0.29, 0.717) is 6.42 Å². The normalized spacial score (nSPS) is 13.4. The van der Waals surface area contributed by atoms with Gasteiger partial charge in [-0.2, -0.15) is 0 Å². The number of halogens is 2. The lowest BCUT2D eigenvalue weighted by Gasteiger charge is -2.16. The summed E-state index contributed by atoms with van der Waals surface area (Å²) < 4.78 is 26.9. The van der Waals surface area contributed by atoms with Crippen molar-refractivity contribution in [1.82, 2.24) is 4.72 Å². The Morgan fingerprint density at radius 2 is 2.00 bits per heavy atom. The highest BCUT2D eigenvalue weighted by Gasteiger charge is 2.20. The highest BCUT2D eigenvalue weighted by Crippen LogP contribution is 2.28. The molecule has 0 spiro atoms. The van der Waals surface area contributed by atoms with Gasteiger partial charge in [0.1, 0.15) is 4.90 Å². The molecule has 1 rings (SSSR count). The predicted molar refractivity (Wildman–Crippen MR) is 81.8 cm³/mol. The lowest BCUT2D eigenvalue weighted by Crippen LogP contribution is -2.30. The third kappa shape index (κ3) is 4.90. The molecule has 0 heterocycles. The smallest absolute Gasteiger partial charge is 0.242 e. The van der Waals surface area contributed by atoms with E-state index in [4.69, 9.17) is 28.3 Å². The molecule has 0 bridgehead atoms. The van der Waals surface area contributed by atoms with Crippen LogP contribution in [0.15, 0.2) is 23.1 Å². The average Bonchev–Trinajstić information content (AvgIpc) is 2.39. The van der Waals surface area contributed by atoms with Crippen molar-refractivity contribution in [1.29, 1.82) is 0 Å². The summed E-state index contributed by atoms with van der Waals surface area (Å²) in [7, 11) is -3.69. The number of rotatable bonds is 8. The van der Waals surface area contributed by atoms with Crippen molar-refractivity contribution in [2.75, 3.05) is 13.2 Å². The molecule has 2 N–H and O–H groups in total. The fraction of sp³-hybridized carbons (Fsp3) is 0.538. The van der Waals surface area contributed by atoms with Gasteiger partial charge in [0.25, 0.3) is 0 Å². The van der Waals surface area contributed by atoms with Gasteiger partial charge in [-0.15, -0.1) is 0 Å². The Hall–Kier alpha value is -0.330. The molecule has 1 atom stereocenters. The van der Waals surface area contributed by atoms with Crippen LogP contribution in [-0.2, 0) is 10.0 Å². The van der Waals surface area contributed by atoms with Gasteiger partial charge < -0.3 is 5.11 Å². The molecule has 0 aliphatic heterocycles. The summed E-state index contributed by atoms with van der Waals surface area (Å²) in [5, 5.41) is 9.20. The van der Waals surface area contributed by atoms with Crippen molar-refractivity contribution < 1.29 is 13.5 Å². The fourth-order valence-corrected chi connectivity index (χ4v) is 3.81. The van der Waals surface area contributed by atoms with Crippen LogP contribution in [0, 0.1) is 5.92 Å². The highest BCUT2D eigenvalue weighted by atomic mass is 35.5. The third-order valence-electron chi connectivity index (χ3n) is 3.00. The highest BCUT2D eigenvalue weighted by molar-refractivity contribution is 7.89. The molecule has 114 valence electrons. The molecular formula is C13H19Cl2NO3S. The zero-order chi connectivity index (χ0) is 15.2. The zero-order valence-corrected chi connectivity index (χ0v) is 13.6. The van der Waals surface area contributed by atoms with E-state index in [1.165, 1.54) is 12.1 Å². The minimum Gasteiger partial charge on any atom is -0.396 e. The van der Waals surface area contributed by atoms with Crippen molar-refractivity contribution >= 4 is 33.2 Å². The largest absolute Gasteiger partial charge is 0.396 e. The molecule has 0 aromatic heterocycles. The molecule has 0 aliphatic rings. The maximum absolute atomic E-state index is 12.2. The Balaban J connectivity index is 2.81. The van der Waals surface area contributed by atoms with E-state index in [1.807, 2.05) is 6.92 Å². The first-order valence-electron chi connectivity index (χ1n) is 6.47. The van der Waals surface area contributed by atoms with Gasteiger partial charge in [-0.05, 0) is 30.9 Å². The predicted octanol–water partition coefficient (Wildman–Crippen LogP) is 3.07. The van der Waals surface area contributed by atoms with Crippen molar-refractivity contribution in [2.24, 2.45) is 5.92 Å². The lowest BCUT2D eigenvalue weighted by atomic mass is 10.0. The van der Waals surface area contributed by atoms with E-state index in [1.54, 1.807) is 6.07 Å². The van der Waals surface area contributed by atoms with Crippen LogP contribution in [0.3, 0.4) is 0 Å². The lowest BCUT2D eigenvalue weighted by molar-refractivity contribution is 0.251. The number of hydrogen-bond acceptors (Lipinski definition) is 3. The van der Waals surface area contributed by atoms with Gasteiger partial charge in [-0.3, -0.25) is 0 Å². The summed E-state index contributed by atoms with van der Waals surface area (Å²) in [4.78, 5) is -0.0223. The minimum atomic E-state index is -3.69. The third-order valence-corrected chi connectivity index (χ3v) is 5.40. The molecule has 4 nitrogen and oxygen atoms in total. The van der Waals surface area contributed by atoms with Gasteiger partial charge in [0.15, 0.2) is 0 Å². The first kappa shape index (κ1) is 17.7. The van der Waals surface area contributed by atoms with Crippen LogP contribution in [0.4, 0.5) is 0 Å². The van der Waals surface area contributed by atoms with Crippen molar-refractivity contribution in [3.63, 3.8) is 0 Å².